The second-order valence-electron chi connectivity index (χ2n) is 8.57. The van der Waals surface area contributed by atoms with Crippen molar-refractivity contribution in [3.05, 3.63) is 42.2 Å². The van der Waals surface area contributed by atoms with E-state index in [0.29, 0.717) is 11.8 Å². The van der Waals surface area contributed by atoms with Gasteiger partial charge in [0.25, 0.3) is 0 Å². The van der Waals surface area contributed by atoms with Crippen LogP contribution in [0.4, 0.5) is 0 Å². The number of hydrogen-bond donors (Lipinski definition) is 1. The zero-order valence-electron chi connectivity index (χ0n) is 15.8. The predicted octanol–water partition coefficient (Wildman–Crippen LogP) is 6.77. The van der Waals surface area contributed by atoms with E-state index < -0.39 is 0 Å². The highest BCUT2D eigenvalue weighted by atomic mass is 16.5. The zero-order valence-corrected chi connectivity index (χ0v) is 15.8. The standard InChI is InChI=1S/C23H34O2/c1-18(15-19(2)24)21-8-10-22(11-9-21)25-17-20-7-6-14-23(16-20)12-4-3-5-13-23/h8-11,18,20,24H,2-7,12-17H2,1H3. The second kappa shape index (κ2) is 8.29. The van der Waals surface area contributed by atoms with Crippen LogP contribution in [0.1, 0.15) is 82.6 Å². The van der Waals surface area contributed by atoms with Crippen LogP contribution in [-0.4, -0.2) is 11.7 Å². The predicted molar refractivity (Wildman–Crippen MR) is 104 cm³/mol. The summed E-state index contributed by atoms with van der Waals surface area (Å²) in [4.78, 5) is 0. The molecule has 0 heterocycles. The maximum atomic E-state index is 9.35. The monoisotopic (exact) mass is 342 g/mol. The highest BCUT2D eigenvalue weighted by Crippen LogP contribution is 2.49. The Labute approximate surface area is 153 Å². The van der Waals surface area contributed by atoms with E-state index >= 15 is 0 Å². The molecule has 2 unspecified atom stereocenters. The van der Waals surface area contributed by atoms with Crippen molar-refractivity contribution in [3.8, 4) is 5.75 Å². The molecule has 0 aliphatic heterocycles. The number of aliphatic hydroxyl groups excluding tert-OH is 1. The first-order valence-electron chi connectivity index (χ1n) is 10.2. The lowest BCUT2D eigenvalue weighted by Crippen LogP contribution is -2.33. The third kappa shape index (κ3) is 5.03. The molecule has 138 valence electrons. The van der Waals surface area contributed by atoms with Crippen LogP contribution in [0.2, 0.25) is 0 Å². The molecule has 1 aromatic rings. The van der Waals surface area contributed by atoms with Gasteiger partial charge >= 0.3 is 0 Å². The molecule has 1 aromatic carbocycles. The summed E-state index contributed by atoms with van der Waals surface area (Å²) >= 11 is 0. The number of hydrogen-bond acceptors (Lipinski definition) is 2. The Bertz CT molecular complexity index is 548. The van der Waals surface area contributed by atoms with Gasteiger partial charge in [0.2, 0.25) is 0 Å². The quantitative estimate of drug-likeness (QED) is 0.578. The first-order valence-corrected chi connectivity index (χ1v) is 10.2. The molecule has 25 heavy (non-hydrogen) atoms. The topological polar surface area (TPSA) is 29.5 Å². The van der Waals surface area contributed by atoms with Crippen molar-refractivity contribution in [2.24, 2.45) is 11.3 Å². The van der Waals surface area contributed by atoms with Crippen molar-refractivity contribution in [1.29, 1.82) is 0 Å². The van der Waals surface area contributed by atoms with E-state index in [1.165, 1.54) is 63.4 Å². The van der Waals surface area contributed by atoms with E-state index in [4.69, 9.17) is 4.74 Å². The third-order valence-corrected chi connectivity index (χ3v) is 6.43. The van der Waals surface area contributed by atoms with Gasteiger partial charge in [-0.3, -0.25) is 0 Å². The van der Waals surface area contributed by atoms with Crippen LogP contribution in [0.3, 0.4) is 0 Å². The van der Waals surface area contributed by atoms with Crippen LogP contribution in [0, 0.1) is 11.3 Å². The lowest BCUT2D eigenvalue weighted by atomic mass is 9.63. The summed E-state index contributed by atoms with van der Waals surface area (Å²) in [5.41, 5.74) is 1.87. The SMILES string of the molecule is C=C(O)CC(C)c1ccc(OCC2CCCC3(CCCCC3)C2)cc1. The van der Waals surface area contributed by atoms with Gasteiger partial charge in [-0.2, -0.15) is 0 Å². The molecule has 2 nitrogen and oxygen atoms in total. The van der Waals surface area contributed by atoms with Gasteiger partial charge in [0.15, 0.2) is 0 Å². The number of allylic oxidation sites excluding steroid dienone is 1. The van der Waals surface area contributed by atoms with Gasteiger partial charge in [0.1, 0.15) is 5.75 Å². The second-order valence-corrected chi connectivity index (χ2v) is 8.57. The van der Waals surface area contributed by atoms with E-state index in [9.17, 15) is 5.11 Å². The van der Waals surface area contributed by atoms with Crippen LogP contribution in [0.25, 0.3) is 0 Å². The Kier molecular flexibility index (Phi) is 6.09. The molecule has 3 rings (SSSR count). The summed E-state index contributed by atoms with van der Waals surface area (Å²) in [5.74, 6) is 2.24. The summed E-state index contributed by atoms with van der Waals surface area (Å²) in [5, 5.41) is 9.35. The van der Waals surface area contributed by atoms with E-state index in [2.05, 4.69) is 37.8 Å². The molecule has 2 atom stereocenters. The normalized spacial score (nSPS) is 24.0. The van der Waals surface area contributed by atoms with Crippen molar-refractivity contribution < 1.29 is 9.84 Å². The van der Waals surface area contributed by atoms with Crippen LogP contribution in [0.5, 0.6) is 5.75 Å². The Morgan fingerprint density at radius 1 is 1.16 bits per heavy atom. The van der Waals surface area contributed by atoms with E-state index in [1.54, 1.807) is 0 Å². The van der Waals surface area contributed by atoms with Gasteiger partial charge in [0, 0.05) is 6.42 Å². The van der Waals surface area contributed by atoms with Gasteiger partial charge in [-0.15, -0.1) is 0 Å². The highest BCUT2D eigenvalue weighted by molar-refractivity contribution is 5.29. The highest BCUT2D eigenvalue weighted by Gasteiger charge is 2.37. The first kappa shape index (κ1) is 18.4. The number of benzene rings is 1. The number of rotatable bonds is 6. The van der Waals surface area contributed by atoms with Gasteiger partial charge in [-0.05, 0) is 67.1 Å². The molecule has 2 heteroatoms. The molecule has 2 aliphatic rings. The van der Waals surface area contributed by atoms with E-state index in [1.807, 2.05) is 0 Å². The maximum absolute atomic E-state index is 9.35. The summed E-state index contributed by atoms with van der Waals surface area (Å²) < 4.78 is 6.13. The fourth-order valence-electron chi connectivity index (χ4n) is 5.06. The average Bonchev–Trinajstić information content (AvgIpc) is 2.61. The molecule has 2 saturated carbocycles. The third-order valence-electron chi connectivity index (χ3n) is 6.43. The number of ether oxygens (including phenoxy) is 1. The van der Waals surface area contributed by atoms with Gasteiger partial charge in [-0.1, -0.05) is 51.3 Å². The minimum atomic E-state index is 0.252. The maximum Gasteiger partial charge on any atom is 0.119 e. The van der Waals surface area contributed by atoms with Crippen LogP contribution < -0.4 is 4.74 Å². The molecule has 1 spiro atoms. The van der Waals surface area contributed by atoms with Crippen molar-refractivity contribution in [1.82, 2.24) is 0 Å². The minimum absolute atomic E-state index is 0.252. The van der Waals surface area contributed by atoms with Crippen LogP contribution in [0.15, 0.2) is 36.6 Å². The molecule has 0 radical (unpaired) electrons. The summed E-state index contributed by atoms with van der Waals surface area (Å²) in [6.45, 7) is 6.57. The first-order chi connectivity index (χ1) is 12.1. The Hall–Kier alpha value is -1.44. The fourth-order valence-corrected chi connectivity index (χ4v) is 5.06. The summed E-state index contributed by atoms with van der Waals surface area (Å²) in [6, 6.07) is 8.38. The molecule has 2 fully saturated rings. The molecule has 1 N–H and O–H groups in total. The molecule has 2 aliphatic carbocycles. The largest absolute Gasteiger partial charge is 0.513 e. The molecular weight excluding hydrogens is 308 g/mol. The Morgan fingerprint density at radius 2 is 1.84 bits per heavy atom. The van der Waals surface area contributed by atoms with Crippen molar-refractivity contribution in [2.45, 2.75) is 77.0 Å². The van der Waals surface area contributed by atoms with Crippen LogP contribution >= 0.6 is 0 Å². The van der Waals surface area contributed by atoms with Gasteiger partial charge in [-0.25, -0.2) is 0 Å². The lowest BCUT2D eigenvalue weighted by Gasteiger charge is -2.43. The fraction of sp³-hybridized carbons (Fsp3) is 0.652. The average molecular weight is 343 g/mol. The zero-order chi connectivity index (χ0) is 17.7. The van der Waals surface area contributed by atoms with Gasteiger partial charge < -0.3 is 9.84 Å². The minimum Gasteiger partial charge on any atom is -0.513 e. The van der Waals surface area contributed by atoms with E-state index in [0.717, 1.165) is 18.3 Å². The molecular formula is C23H34O2. The molecule has 0 aromatic heterocycles. The Balaban J connectivity index is 1.50. The Morgan fingerprint density at radius 3 is 2.52 bits per heavy atom. The molecule has 0 bridgehead atoms. The summed E-state index contributed by atoms with van der Waals surface area (Å²) in [6.07, 6.45) is 13.4. The molecule has 0 amide bonds. The number of aliphatic hydroxyl groups is 1. The lowest BCUT2D eigenvalue weighted by molar-refractivity contribution is 0.0658. The smallest absolute Gasteiger partial charge is 0.119 e. The van der Waals surface area contributed by atoms with Gasteiger partial charge in [0.05, 0.1) is 12.4 Å². The van der Waals surface area contributed by atoms with Crippen molar-refractivity contribution in [3.63, 3.8) is 0 Å². The van der Waals surface area contributed by atoms with Crippen molar-refractivity contribution >= 4 is 0 Å². The van der Waals surface area contributed by atoms with Crippen molar-refractivity contribution in [2.75, 3.05) is 6.61 Å². The van der Waals surface area contributed by atoms with Crippen LogP contribution in [-0.2, 0) is 0 Å². The van der Waals surface area contributed by atoms with E-state index in [-0.39, 0.29) is 11.7 Å². The summed E-state index contributed by atoms with van der Waals surface area (Å²) in [7, 11) is 0. The molecule has 0 saturated heterocycles.